The zero-order valence-corrected chi connectivity index (χ0v) is 12.4. The number of hydrogen-bond donors (Lipinski definition) is 1. The number of rotatable bonds is 2. The Morgan fingerprint density at radius 2 is 1.86 bits per heavy atom. The summed E-state index contributed by atoms with van der Waals surface area (Å²) in [6.07, 6.45) is 1.57. The molecule has 0 fully saturated rings. The van der Waals surface area contributed by atoms with Crippen molar-refractivity contribution in [3.05, 3.63) is 42.0 Å². The lowest BCUT2D eigenvalue weighted by Gasteiger charge is -2.05. The lowest BCUT2D eigenvalue weighted by atomic mass is 10.2. The molecule has 0 amide bonds. The smallest absolute Gasteiger partial charge is 0.222 e. The molecule has 1 aromatic carbocycles. The number of para-hydroxylation sites is 1. The number of nitrogens with two attached hydrogens (primary N) is 1. The molecule has 102 valence electrons. The van der Waals surface area contributed by atoms with E-state index in [1.165, 1.54) is 11.8 Å². The summed E-state index contributed by atoms with van der Waals surface area (Å²) in [5, 5.41) is 5.68. The van der Waals surface area contributed by atoms with Crippen LogP contribution in [0, 0.1) is 0 Å². The van der Waals surface area contributed by atoms with Crippen molar-refractivity contribution in [1.29, 1.82) is 0 Å². The first-order chi connectivity index (χ1) is 10.3. The molecule has 0 saturated carbocycles. The monoisotopic (exact) mass is 311 g/mol. The third kappa shape index (κ3) is 2.20. The Hall–Kier alpha value is -2.25. The molecule has 5 nitrogen and oxygen atoms in total. The molecule has 0 aliphatic carbocycles. The SMILES string of the molecule is Nc1nc(Sc2ncnc3ccccc23)c2ccsc2n1. The van der Waals surface area contributed by atoms with Gasteiger partial charge in [-0.2, -0.15) is 0 Å². The van der Waals surface area contributed by atoms with Gasteiger partial charge in [0.1, 0.15) is 21.2 Å². The van der Waals surface area contributed by atoms with E-state index in [-0.39, 0.29) is 5.95 Å². The third-order valence-electron chi connectivity index (χ3n) is 3.01. The highest BCUT2D eigenvalue weighted by Gasteiger charge is 2.12. The van der Waals surface area contributed by atoms with Crippen LogP contribution in [0.15, 0.2) is 52.1 Å². The summed E-state index contributed by atoms with van der Waals surface area (Å²) in [7, 11) is 0. The molecule has 3 aromatic heterocycles. The Balaban J connectivity index is 1.89. The maximum atomic E-state index is 5.79. The van der Waals surface area contributed by atoms with Gasteiger partial charge in [0.05, 0.1) is 5.52 Å². The summed E-state index contributed by atoms with van der Waals surface area (Å²) in [4.78, 5) is 18.1. The van der Waals surface area contributed by atoms with Gasteiger partial charge in [0.15, 0.2) is 0 Å². The molecule has 4 rings (SSSR count). The summed E-state index contributed by atoms with van der Waals surface area (Å²) >= 11 is 3.04. The van der Waals surface area contributed by atoms with Crippen LogP contribution in [0.1, 0.15) is 0 Å². The van der Waals surface area contributed by atoms with E-state index in [1.54, 1.807) is 17.7 Å². The van der Waals surface area contributed by atoms with Crippen molar-refractivity contribution in [3.63, 3.8) is 0 Å². The van der Waals surface area contributed by atoms with Gasteiger partial charge in [0.2, 0.25) is 5.95 Å². The van der Waals surface area contributed by atoms with Crippen LogP contribution in [-0.4, -0.2) is 19.9 Å². The molecule has 0 spiro atoms. The van der Waals surface area contributed by atoms with E-state index >= 15 is 0 Å². The molecule has 3 heterocycles. The van der Waals surface area contributed by atoms with Gasteiger partial charge in [-0.05, 0) is 29.3 Å². The van der Waals surface area contributed by atoms with E-state index in [9.17, 15) is 0 Å². The molecule has 0 saturated heterocycles. The lowest BCUT2D eigenvalue weighted by molar-refractivity contribution is 1.08. The Morgan fingerprint density at radius 1 is 0.952 bits per heavy atom. The van der Waals surface area contributed by atoms with Gasteiger partial charge < -0.3 is 5.73 Å². The lowest BCUT2D eigenvalue weighted by Crippen LogP contribution is -1.96. The molecule has 2 N–H and O–H groups in total. The van der Waals surface area contributed by atoms with E-state index in [2.05, 4.69) is 19.9 Å². The van der Waals surface area contributed by atoms with Crippen LogP contribution in [-0.2, 0) is 0 Å². The van der Waals surface area contributed by atoms with Gasteiger partial charge in [-0.3, -0.25) is 0 Å². The average molecular weight is 311 g/mol. The highest BCUT2D eigenvalue weighted by molar-refractivity contribution is 7.99. The van der Waals surface area contributed by atoms with Gasteiger partial charge in [-0.25, -0.2) is 19.9 Å². The summed E-state index contributed by atoms with van der Waals surface area (Å²) in [5.74, 6) is 0.283. The quantitative estimate of drug-likeness (QED) is 0.572. The number of aromatic nitrogens is 4. The van der Waals surface area contributed by atoms with E-state index in [4.69, 9.17) is 5.73 Å². The van der Waals surface area contributed by atoms with Gasteiger partial charge in [0.25, 0.3) is 0 Å². The molecular formula is C14H9N5S2. The molecule has 0 aliphatic rings. The van der Waals surface area contributed by atoms with E-state index in [1.807, 2.05) is 35.7 Å². The number of nitrogen functional groups attached to an aromatic ring is 1. The van der Waals surface area contributed by atoms with Crippen LogP contribution in [0.4, 0.5) is 5.95 Å². The van der Waals surface area contributed by atoms with Gasteiger partial charge >= 0.3 is 0 Å². The van der Waals surface area contributed by atoms with Crippen molar-refractivity contribution in [3.8, 4) is 0 Å². The second-order valence-electron chi connectivity index (χ2n) is 4.32. The maximum absolute atomic E-state index is 5.79. The van der Waals surface area contributed by atoms with Crippen molar-refractivity contribution < 1.29 is 0 Å². The molecule has 7 heteroatoms. The van der Waals surface area contributed by atoms with E-state index in [0.717, 1.165) is 31.2 Å². The minimum Gasteiger partial charge on any atom is -0.368 e. The van der Waals surface area contributed by atoms with E-state index in [0.29, 0.717) is 0 Å². The molecule has 0 unspecified atom stereocenters. The Kier molecular flexibility index (Phi) is 2.94. The van der Waals surface area contributed by atoms with Crippen molar-refractivity contribution in [2.45, 2.75) is 10.1 Å². The summed E-state index contributed by atoms with van der Waals surface area (Å²) < 4.78 is 0. The van der Waals surface area contributed by atoms with Crippen LogP contribution >= 0.6 is 23.1 Å². The fourth-order valence-corrected chi connectivity index (χ4v) is 3.89. The molecule has 21 heavy (non-hydrogen) atoms. The van der Waals surface area contributed by atoms with Gasteiger partial charge in [-0.1, -0.05) is 18.2 Å². The van der Waals surface area contributed by atoms with Gasteiger partial charge in [0, 0.05) is 10.8 Å². The first-order valence-electron chi connectivity index (χ1n) is 6.19. The average Bonchev–Trinajstić information content (AvgIpc) is 2.96. The topological polar surface area (TPSA) is 77.6 Å². The highest BCUT2D eigenvalue weighted by Crippen LogP contribution is 2.35. The van der Waals surface area contributed by atoms with Crippen LogP contribution in [0.25, 0.3) is 21.1 Å². The second kappa shape index (κ2) is 4.94. The molecule has 0 bridgehead atoms. The fraction of sp³-hybridized carbons (Fsp3) is 0. The van der Waals surface area contributed by atoms with Crippen molar-refractivity contribution in [1.82, 2.24) is 19.9 Å². The molecule has 0 radical (unpaired) electrons. The first kappa shape index (κ1) is 12.5. The molecular weight excluding hydrogens is 302 g/mol. The maximum Gasteiger partial charge on any atom is 0.222 e. The standard InChI is InChI=1S/C14H9N5S2/c15-14-18-12-9(5-6-20-12)13(19-14)21-11-8-3-1-2-4-10(8)16-7-17-11/h1-7H,(H2,15,18,19). The van der Waals surface area contributed by atoms with Gasteiger partial charge in [-0.15, -0.1) is 11.3 Å². The molecule has 0 aliphatic heterocycles. The van der Waals surface area contributed by atoms with Crippen LogP contribution < -0.4 is 5.73 Å². The molecule has 4 aromatic rings. The Bertz CT molecular complexity index is 945. The number of nitrogens with zero attached hydrogens (tertiary/aromatic N) is 4. The van der Waals surface area contributed by atoms with Crippen molar-refractivity contribution in [2.75, 3.05) is 5.73 Å². The normalized spacial score (nSPS) is 11.2. The van der Waals surface area contributed by atoms with Crippen LogP contribution in [0.3, 0.4) is 0 Å². The van der Waals surface area contributed by atoms with Crippen molar-refractivity contribution in [2.24, 2.45) is 0 Å². The van der Waals surface area contributed by atoms with Crippen LogP contribution in [0.5, 0.6) is 0 Å². The fourth-order valence-electron chi connectivity index (χ4n) is 2.07. The summed E-state index contributed by atoms with van der Waals surface area (Å²) in [5.41, 5.74) is 6.70. The predicted molar refractivity (Wildman–Crippen MR) is 85.5 cm³/mol. The molecule has 0 atom stereocenters. The Labute approximate surface area is 128 Å². The van der Waals surface area contributed by atoms with Crippen LogP contribution in [0.2, 0.25) is 0 Å². The number of fused-ring (bicyclic) bond motifs is 2. The van der Waals surface area contributed by atoms with E-state index < -0.39 is 0 Å². The van der Waals surface area contributed by atoms with Crippen molar-refractivity contribution >= 4 is 50.2 Å². The zero-order valence-electron chi connectivity index (χ0n) is 10.7. The second-order valence-corrected chi connectivity index (χ2v) is 6.20. The number of anilines is 1. The predicted octanol–water partition coefficient (Wildman–Crippen LogP) is 3.37. The number of benzene rings is 1. The largest absolute Gasteiger partial charge is 0.368 e. The summed E-state index contributed by atoms with van der Waals surface area (Å²) in [6.45, 7) is 0. The highest BCUT2D eigenvalue weighted by atomic mass is 32.2. The zero-order chi connectivity index (χ0) is 14.2. The minimum atomic E-state index is 0.283. The number of thiophene rings is 1. The third-order valence-corrected chi connectivity index (χ3v) is 4.84. The summed E-state index contributed by atoms with van der Waals surface area (Å²) in [6, 6.07) is 9.92. The Morgan fingerprint density at radius 3 is 2.81 bits per heavy atom. The first-order valence-corrected chi connectivity index (χ1v) is 7.89. The minimum absolute atomic E-state index is 0.283. The number of hydrogen-bond acceptors (Lipinski definition) is 7.